The number of rotatable bonds is 5. The highest BCUT2D eigenvalue weighted by atomic mass is 32.2. The summed E-state index contributed by atoms with van der Waals surface area (Å²) in [4.78, 5) is 12.0. The van der Waals surface area contributed by atoms with Gasteiger partial charge in [0.15, 0.2) is 6.61 Å². The van der Waals surface area contributed by atoms with Crippen molar-refractivity contribution >= 4 is 15.9 Å². The van der Waals surface area contributed by atoms with Gasteiger partial charge in [-0.1, -0.05) is 12.1 Å². The Kier molecular flexibility index (Phi) is 5.58. The topological polar surface area (TPSA) is 99.5 Å². The summed E-state index contributed by atoms with van der Waals surface area (Å²) in [5, 5.41) is 11.7. The van der Waals surface area contributed by atoms with Crippen LogP contribution in [0.5, 0.6) is 5.75 Å². The number of para-hydroxylation sites is 1. The van der Waals surface area contributed by atoms with Crippen LogP contribution < -0.4 is 10.1 Å². The summed E-state index contributed by atoms with van der Waals surface area (Å²) >= 11 is 0. The summed E-state index contributed by atoms with van der Waals surface area (Å²) in [7, 11) is -3.24. The van der Waals surface area contributed by atoms with Gasteiger partial charge in [-0.15, -0.1) is 0 Å². The van der Waals surface area contributed by atoms with Crippen molar-refractivity contribution < 1.29 is 17.9 Å². The van der Waals surface area contributed by atoms with E-state index in [0.717, 1.165) is 6.42 Å². The van der Waals surface area contributed by atoms with Gasteiger partial charge in [0, 0.05) is 19.1 Å². The Balaban J connectivity index is 1.86. The molecule has 1 aliphatic rings. The number of ether oxygens (including phenoxy) is 1. The van der Waals surface area contributed by atoms with Crippen LogP contribution in [0.1, 0.15) is 18.4 Å². The molecule has 1 unspecified atom stereocenters. The number of hydrogen-bond acceptors (Lipinski definition) is 5. The maximum Gasteiger partial charge on any atom is 0.258 e. The van der Waals surface area contributed by atoms with Crippen molar-refractivity contribution in [3.05, 3.63) is 29.8 Å². The zero-order valence-corrected chi connectivity index (χ0v) is 13.7. The normalized spacial score (nSPS) is 18.9. The van der Waals surface area contributed by atoms with Crippen LogP contribution in [0.2, 0.25) is 0 Å². The second-order valence-electron chi connectivity index (χ2n) is 5.42. The van der Waals surface area contributed by atoms with Gasteiger partial charge in [0.05, 0.1) is 11.8 Å². The molecule has 1 saturated heterocycles. The minimum atomic E-state index is -3.24. The van der Waals surface area contributed by atoms with E-state index in [-0.39, 0.29) is 25.1 Å². The lowest BCUT2D eigenvalue weighted by atomic mass is 10.1. The maximum absolute atomic E-state index is 12.0. The van der Waals surface area contributed by atoms with Crippen molar-refractivity contribution in [1.82, 2.24) is 9.62 Å². The van der Waals surface area contributed by atoms with Crippen LogP contribution in [-0.4, -0.2) is 50.6 Å². The Hall–Kier alpha value is -2.11. The number of carbonyl (C=O) groups is 1. The van der Waals surface area contributed by atoms with Gasteiger partial charge >= 0.3 is 0 Å². The van der Waals surface area contributed by atoms with Gasteiger partial charge in [-0.05, 0) is 25.0 Å². The van der Waals surface area contributed by atoms with Crippen molar-refractivity contribution in [3.63, 3.8) is 0 Å². The quantitative estimate of drug-likeness (QED) is 0.842. The smallest absolute Gasteiger partial charge is 0.258 e. The van der Waals surface area contributed by atoms with Gasteiger partial charge < -0.3 is 10.1 Å². The first kappa shape index (κ1) is 17.2. The fourth-order valence-corrected chi connectivity index (χ4v) is 3.37. The average molecular weight is 337 g/mol. The molecule has 1 N–H and O–H groups in total. The van der Waals surface area contributed by atoms with Crippen LogP contribution >= 0.6 is 0 Å². The molecule has 1 aromatic rings. The molecule has 0 bridgehead atoms. The lowest BCUT2D eigenvalue weighted by Gasteiger charge is -2.31. The summed E-state index contributed by atoms with van der Waals surface area (Å²) in [6, 6.07) is 8.44. The first-order valence-corrected chi connectivity index (χ1v) is 9.11. The highest BCUT2D eigenvalue weighted by molar-refractivity contribution is 7.88. The Morgan fingerprint density at radius 1 is 1.48 bits per heavy atom. The molecule has 1 atom stereocenters. The van der Waals surface area contributed by atoms with Crippen LogP contribution in [0, 0.1) is 11.3 Å². The number of piperidine rings is 1. The van der Waals surface area contributed by atoms with Gasteiger partial charge in [-0.25, -0.2) is 12.7 Å². The maximum atomic E-state index is 12.0. The van der Waals surface area contributed by atoms with Crippen LogP contribution in [-0.2, 0) is 14.8 Å². The third-order valence-electron chi connectivity index (χ3n) is 3.58. The molecule has 7 nitrogen and oxygen atoms in total. The average Bonchev–Trinajstić information content (AvgIpc) is 2.52. The van der Waals surface area contributed by atoms with E-state index in [1.54, 1.807) is 24.3 Å². The number of nitrogens with zero attached hydrogens (tertiary/aromatic N) is 2. The van der Waals surface area contributed by atoms with Crippen LogP contribution in [0.3, 0.4) is 0 Å². The molecule has 1 fully saturated rings. The predicted molar refractivity (Wildman–Crippen MR) is 84.2 cm³/mol. The number of sulfonamides is 1. The highest BCUT2D eigenvalue weighted by Crippen LogP contribution is 2.16. The largest absolute Gasteiger partial charge is 0.482 e. The van der Waals surface area contributed by atoms with E-state index >= 15 is 0 Å². The second kappa shape index (κ2) is 7.44. The monoisotopic (exact) mass is 337 g/mol. The van der Waals surface area contributed by atoms with Crippen molar-refractivity contribution in [2.24, 2.45) is 0 Å². The summed E-state index contributed by atoms with van der Waals surface area (Å²) in [5.41, 5.74) is 0.362. The molecule has 124 valence electrons. The zero-order valence-electron chi connectivity index (χ0n) is 12.9. The Morgan fingerprint density at radius 3 is 2.91 bits per heavy atom. The molecule has 0 radical (unpaired) electrons. The molecular formula is C15H19N3O4S. The molecule has 8 heteroatoms. The summed E-state index contributed by atoms with van der Waals surface area (Å²) in [6.07, 6.45) is 2.60. The van der Waals surface area contributed by atoms with E-state index < -0.39 is 10.0 Å². The molecule has 0 spiro atoms. The zero-order chi connectivity index (χ0) is 16.9. The SMILES string of the molecule is CS(=O)(=O)N1CCCC(NC(=O)COc2ccccc2C#N)C1. The van der Waals surface area contributed by atoms with Crippen molar-refractivity contribution in [3.8, 4) is 11.8 Å². The molecule has 1 amide bonds. The lowest BCUT2D eigenvalue weighted by molar-refractivity contribution is -0.124. The number of nitriles is 1. The standard InChI is InChI=1S/C15H19N3O4S/c1-23(20,21)18-8-4-6-13(10-18)17-15(19)11-22-14-7-3-2-5-12(14)9-16/h2-3,5,7,13H,4,6,8,10-11H2,1H3,(H,17,19). The van der Waals surface area contributed by atoms with Crippen LogP contribution in [0.25, 0.3) is 0 Å². The summed E-state index contributed by atoms with van der Waals surface area (Å²) in [5.74, 6) is 0.0182. The lowest BCUT2D eigenvalue weighted by Crippen LogP contribution is -2.50. The first-order chi connectivity index (χ1) is 10.9. The third kappa shape index (κ3) is 4.94. The molecule has 1 aromatic carbocycles. The van der Waals surface area contributed by atoms with E-state index in [1.807, 2.05) is 6.07 Å². The minimum Gasteiger partial charge on any atom is -0.482 e. The Morgan fingerprint density at radius 2 is 2.22 bits per heavy atom. The Labute approximate surface area is 135 Å². The predicted octanol–water partition coefficient (Wildman–Crippen LogP) is 0.477. The molecule has 2 rings (SSSR count). The highest BCUT2D eigenvalue weighted by Gasteiger charge is 2.26. The summed E-state index contributed by atoms with van der Waals surface area (Å²) < 4.78 is 29.8. The van der Waals surface area contributed by atoms with E-state index in [4.69, 9.17) is 10.00 Å². The van der Waals surface area contributed by atoms with Crippen molar-refractivity contribution in [2.75, 3.05) is 26.0 Å². The molecule has 1 heterocycles. The van der Waals surface area contributed by atoms with Crippen LogP contribution in [0.4, 0.5) is 0 Å². The van der Waals surface area contributed by atoms with Crippen molar-refractivity contribution in [1.29, 1.82) is 5.26 Å². The number of hydrogen-bond donors (Lipinski definition) is 1. The minimum absolute atomic E-state index is 0.214. The number of benzene rings is 1. The number of nitrogens with one attached hydrogen (secondary N) is 1. The van der Waals surface area contributed by atoms with Gasteiger partial charge in [-0.2, -0.15) is 5.26 Å². The molecular weight excluding hydrogens is 318 g/mol. The first-order valence-electron chi connectivity index (χ1n) is 7.26. The molecule has 23 heavy (non-hydrogen) atoms. The van der Waals surface area contributed by atoms with Crippen molar-refractivity contribution in [2.45, 2.75) is 18.9 Å². The number of amides is 1. The Bertz CT molecular complexity index is 712. The van der Waals surface area contributed by atoms with E-state index in [9.17, 15) is 13.2 Å². The second-order valence-corrected chi connectivity index (χ2v) is 7.41. The fraction of sp³-hybridized carbons (Fsp3) is 0.467. The van der Waals surface area contributed by atoms with Gasteiger partial charge in [0.25, 0.3) is 5.91 Å². The molecule has 0 aliphatic carbocycles. The van der Waals surface area contributed by atoms with E-state index in [0.29, 0.717) is 24.3 Å². The van der Waals surface area contributed by atoms with Gasteiger partial charge in [-0.3, -0.25) is 4.79 Å². The van der Waals surface area contributed by atoms with E-state index in [2.05, 4.69) is 5.32 Å². The van der Waals surface area contributed by atoms with Crippen LogP contribution in [0.15, 0.2) is 24.3 Å². The van der Waals surface area contributed by atoms with E-state index in [1.165, 1.54) is 10.6 Å². The number of carbonyl (C=O) groups excluding carboxylic acids is 1. The van der Waals surface area contributed by atoms with Gasteiger partial charge in [0.1, 0.15) is 11.8 Å². The molecule has 0 aromatic heterocycles. The summed E-state index contributed by atoms with van der Waals surface area (Å²) in [6.45, 7) is 0.546. The molecule has 1 aliphatic heterocycles. The third-order valence-corrected chi connectivity index (χ3v) is 4.85. The fourth-order valence-electron chi connectivity index (χ4n) is 2.46. The molecule has 0 saturated carbocycles. The van der Waals surface area contributed by atoms with Gasteiger partial charge in [0.2, 0.25) is 10.0 Å².